The Bertz CT molecular complexity index is 1140. The zero-order valence-corrected chi connectivity index (χ0v) is 16.3. The van der Waals surface area contributed by atoms with Crippen LogP contribution in [0.4, 0.5) is 0 Å². The highest BCUT2D eigenvalue weighted by Crippen LogP contribution is 2.37. The van der Waals surface area contributed by atoms with Crippen molar-refractivity contribution in [3.05, 3.63) is 46.3 Å². The van der Waals surface area contributed by atoms with Crippen LogP contribution in [0.2, 0.25) is 0 Å². The molecule has 9 heteroatoms. The molecule has 5 atom stereocenters. The third kappa shape index (κ3) is 3.30. The number of aliphatic hydroxyl groups excluding tert-OH is 4. The summed E-state index contributed by atoms with van der Waals surface area (Å²) < 4.78 is 22.0. The van der Waals surface area contributed by atoms with Gasteiger partial charge in [0.15, 0.2) is 0 Å². The molecule has 160 valence electrons. The smallest absolute Gasteiger partial charge is 0.344 e. The molecule has 1 saturated heterocycles. The van der Waals surface area contributed by atoms with Crippen molar-refractivity contribution in [2.24, 2.45) is 0 Å². The number of aryl methyl sites for hydroxylation is 1. The molecule has 0 saturated carbocycles. The third-order valence-corrected chi connectivity index (χ3v) is 5.31. The first-order valence-electron chi connectivity index (χ1n) is 9.37. The first-order chi connectivity index (χ1) is 14.3. The van der Waals surface area contributed by atoms with Gasteiger partial charge in [0.05, 0.1) is 24.5 Å². The minimum absolute atomic E-state index is 0.138. The fraction of sp³-hybridized carbons (Fsp3) is 0.381. The summed E-state index contributed by atoms with van der Waals surface area (Å²) in [5.74, 6) is 0.505. The number of rotatable bonds is 4. The summed E-state index contributed by atoms with van der Waals surface area (Å²) in [5, 5.41) is 41.1. The lowest BCUT2D eigenvalue weighted by molar-refractivity contribution is -0.277. The van der Waals surface area contributed by atoms with E-state index in [0.29, 0.717) is 21.9 Å². The van der Waals surface area contributed by atoms with E-state index in [1.807, 2.05) is 19.1 Å². The van der Waals surface area contributed by atoms with Crippen molar-refractivity contribution in [1.82, 2.24) is 0 Å². The molecule has 0 bridgehead atoms. The van der Waals surface area contributed by atoms with E-state index in [-0.39, 0.29) is 11.3 Å². The molecule has 2 heterocycles. The minimum atomic E-state index is -1.58. The van der Waals surface area contributed by atoms with Crippen LogP contribution in [0.5, 0.6) is 11.5 Å². The molecule has 1 aromatic heterocycles. The number of hydrogen-bond donors (Lipinski definition) is 4. The monoisotopic (exact) mass is 418 g/mol. The van der Waals surface area contributed by atoms with Crippen molar-refractivity contribution in [2.75, 3.05) is 13.7 Å². The van der Waals surface area contributed by atoms with Gasteiger partial charge in [0.1, 0.15) is 41.5 Å². The van der Waals surface area contributed by atoms with Gasteiger partial charge in [0.25, 0.3) is 0 Å². The predicted octanol–water partition coefficient (Wildman–Crippen LogP) is 0.442. The fourth-order valence-corrected chi connectivity index (χ4v) is 3.74. The van der Waals surface area contributed by atoms with Crippen molar-refractivity contribution in [3.63, 3.8) is 0 Å². The van der Waals surface area contributed by atoms with E-state index < -0.39 is 42.9 Å². The summed E-state index contributed by atoms with van der Waals surface area (Å²) in [6.07, 6.45) is -7.13. The normalized spacial score (nSPS) is 26.8. The lowest BCUT2D eigenvalue weighted by Gasteiger charge is -2.39. The van der Waals surface area contributed by atoms with Gasteiger partial charge in [-0.3, -0.25) is 0 Å². The molecule has 1 aliphatic heterocycles. The first kappa shape index (κ1) is 20.6. The third-order valence-electron chi connectivity index (χ3n) is 5.31. The standard InChI is InChI=1S/C21H22O9/c1-9-4-3-5-11-15(9)20(26)29-13-7-10(6-12(27-2)16(11)13)28-21-19(25)18(24)17(23)14(8-22)30-21/h3-7,14,17-19,21-25H,8H2,1-2H3/t14-,17-,18+,19-,21-/m1/s1. The SMILES string of the molecule is COc1cc(O[C@@H]2O[C@H](CO)[C@@H](O)[C@H](O)[C@H]2O)cc2oc(=O)c3c(C)cccc3c12. The number of hydrogen-bond acceptors (Lipinski definition) is 9. The molecule has 0 unspecified atom stereocenters. The fourth-order valence-electron chi connectivity index (χ4n) is 3.74. The average Bonchev–Trinajstić information content (AvgIpc) is 2.73. The zero-order chi connectivity index (χ0) is 21.6. The van der Waals surface area contributed by atoms with Gasteiger partial charge in [0.2, 0.25) is 6.29 Å². The van der Waals surface area contributed by atoms with Crippen molar-refractivity contribution < 1.29 is 39.1 Å². The summed E-state index contributed by atoms with van der Waals surface area (Å²) in [4.78, 5) is 12.5. The summed E-state index contributed by atoms with van der Waals surface area (Å²) >= 11 is 0. The predicted molar refractivity (Wildman–Crippen MR) is 106 cm³/mol. The van der Waals surface area contributed by atoms with Gasteiger partial charge in [-0.05, 0) is 12.5 Å². The number of aliphatic hydroxyl groups is 4. The highest BCUT2D eigenvalue weighted by molar-refractivity contribution is 6.08. The molecule has 0 amide bonds. The van der Waals surface area contributed by atoms with E-state index in [1.165, 1.54) is 19.2 Å². The maximum Gasteiger partial charge on any atom is 0.344 e. The zero-order valence-electron chi connectivity index (χ0n) is 16.3. The Morgan fingerprint density at radius 3 is 2.53 bits per heavy atom. The topological polar surface area (TPSA) is 139 Å². The molecular weight excluding hydrogens is 396 g/mol. The second-order valence-corrected chi connectivity index (χ2v) is 7.20. The highest BCUT2D eigenvalue weighted by atomic mass is 16.7. The number of ether oxygens (including phenoxy) is 3. The molecule has 0 radical (unpaired) electrons. The Morgan fingerprint density at radius 2 is 1.83 bits per heavy atom. The first-order valence-corrected chi connectivity index (χ1v) is 9.37. The van der Waals surface area contributed by atoms with Crippen LogP contribution < -0.4 is 15.1 Å². The average molecular weight is 418 g/mol. The highest BCUT2D eigenvalue weighted by Gasteiger charge is 2.44. The Kier molecular flexibility index (Phi) is 5.39. The Morgan fingerprint density at radius 1 is 1.07 bits per heavy atom. The lowest BCUT2D eigenvalue weighted by Crippen LogP contribution is -2.60. The lowest BCUT2D eigenvalue weighted by atomic mass is 9.99. The van der Waals surface area contributed by atoms with Crippen LogP contribution in [0.1, 0.15) is 5.56 Å². The minimum Gasteiger partial charge on any atom is -0.496 e. The summed E-state index contributed by atoms with van der Waals surface area (Å²) in [7, 11) is 1.46. The molecule has 4 rings (SSSR count). The molecule has 1 aliphatic rings. The number of fused-ring (bicyclic) bond motifs is 3. The maximum atomic E-state index is 12.5. The summed E-state index contributed by atoms with van der Waals surface area (Å²) in [5.41, 5.74) is 0.464. The summed E-state index contributed by atoms with van der Waals surface area (Å²) in [6, 6.07) is 8.42. The Hall–Kier alpha value is -2.69. The van der Waals surface area contributed by atoms with E-state index in [9.17, 15) is 25.2 Å². The Labute approximate surface area is 170 Å². The van der Waals surface area contributed by atoms with Gasteiger partial charge in [-0.1, -0.05) is 18.2 Å². The van der Waals surface area contributed by atoms with Crippen LogP contribution in [0, 0.1) is 6.92 Å². The number of benzene rings is 2. The van der Waals surface area contributed by atoms with Crippen molar-refractivity contribution in [1.29, 1.82) is 0 Å². The van der Waals surface area contributed by atoms with Crippen LogP contribution >= 0.6 is 0 Å². The maximum absolute atomic E-state index is 12.5. The molecule has 0 aliphatic carbocycles. The van der Waals surface area contributed by atoms with Crippen molar-refractivity contribution >= 4 is 21.7 Å². The number of methoxy groups -OCH3 is 1. The molecule has 30 heavy (non-hydrogen) atoms. The largest absolute Gasteiger partial charge is 0.496 e. The molecule has 9 nitrogen and oxygen atoms in total. The summed E-state index contributed by atoms with van der Waals surface area (Å²) in [6.45, 7) is 1.24. The van der Waals surface area contributed by atoms with Crippen LogP contribution in [-0.4, -0.2) is 64.8 Å². The van der Waals surface area contributed by atoms with Gasteiger partial charge >= 0.3 is 5.63 Å². The molecular formula is C21H22O9. The van der Waals surface area contributed by atoms with Crippen LogP contribution in [-0.2, 0) is 4.74 Å². The molecule has 3 aromatic rings. The van der Waals surface area contributed by atoms with E-state index in [4.69, 9.17) is 18.6 Å². The molecule has 2 aromatic carbocycles. The molecule has 4 N–H and O–H groups in total. The Balaban J connectivity index is 1.80. The van der Waals surface area contributed by atoms with Crippen molar-refractivity contribution in [3.8, 4) is 11.5 Å². The van der Waals surface area contributed by atoms with E-state index >= 15 is 0 Å². The van der Waals surface area contributed by atoms with Gasteiger partial charge in [-0.25, -0.2) is 4.79 Å². The second kappa shape index (κ2) is 7.86. The molecule has 1 fully saturated rings. The van der Waals surface area contributed by atoms with Crippen LogP contribution in [0.3, 0.4) is 0 Å². The van der Waals surface area contributed by atoms with Gasteiger partial charge < -0.3 is 39.1 Å². The van der Waals surface area contributed by atoms with Crippen LogP contribution in [0.15, 0.2) is 39.5 Å². The van der Waals surface area contributed by atoms with Crippen LogP contribution in [0.25, 0.3) is 21.7 Å². The second-order valence-electron chi connectivity index (χ2n) is 7.20. The van der Waals surface area contributed by atoms with E-state index in [1.54, 1.807) is 6.07 Å². The van der Waals surface area contributed by atoms with E-state index in [2.05, 4.69) is 0 Å². The molecule has 0 spiro atoms. The van der Waals surface area contributed by atoms with E-state index in [0.717, 1.165) is 5.56 Å². The van der Waals surface area contributed by atoms with Gasteiger partial charge in [-0.2, -0.15) is 0 Å². The van der Waals surface area contributed by atoms with Gasteiger partial charge in [-0.15, -0.1) is 0 Å². The van der Waals surface area contributed by atoms with Crippen molar-refractivity contribution in [2.45, 2.75) is 37.6 Å². The quantitative estimate of drug-likeness (QED) is 0.351. The van der Waals surface area contributed by atoms with Gasteiger partial charge in [0, 0.05) is 17.5 Å².